The molecule has 0 aromatic heterocycles. The molecule has 0 unspecified atom stereocenters. The molecular weight excluding hydrogens is 615 g/mol. The molecule has 0 amide bonds. The van der Waals surface area contributed by atoms with E-state index < -0.39 is 8.07 Å². The standard InChI is InChI=1S/C36H37Si.3ClH.Ti/c1-25-15-26(2)19-33(18-25)37(34-20-27(3)16-28(4)21-34,35-22-29(5)17-30(6)23-35)36-14-10-13-32(36)24-31-11-8-7-9-12-31;;;;/h7-23H,24H2,1-6H3;3*1H;/q-1;;;;+4/p-3. The Labute approximate surface area is 281 Å². The van der Waals surface area contributed by atoms with E-state index in [0.717, 1.165) is 6.42 Å². The molecule has 0 spiro atoms. The Morgan fingerprint density at radius 3 is 1.22 bits per heavy atom. The van der Waals surface area contributed by atoms with Crippen LogP contribution in [-0.2, 0) is 28.1 Å². The van der Waals surface area contributed by atoms with Crippen molar-refractivity contribution in [2.45, 2.75) is 48.0 Å². The topological polar surface area (TPSA) is 0 Å². The summed E-state index contributed by atoms with van der Waals surface area (Å²) in [6.45, 7) is 13.5. The average Bonchev–Trinajstić information content (AvgIpc) is 3.27. The molecular formula is C36H37Cl3SiTi. The Bertz CT molecular complexity index is 1390. The molecule has 5 heteroatoms. The second-order valence-corrected chi connectivity index (χ2v) is 14.8. The third-order valence-corrected chi connectivity index (χ3v) is 12.3. The first-order valence-corrected chi connectivity index (χ1v) is 15.3. The molecule has 41 heavy (non-hydrogen) atoms. The summed E-state index contributed by atoms with van der Waals surface area (Å²) in [6, 6.07) is 39.7. The van der Waals surface area contributed by atoms with Crippen LogP contribution >= 0.6 is 0 Å². The van der Waals surface area contributed by atoms with Crippen LogP contribution in [0, 0.1) is 41.5 Å². The van der Waals surface area contributed by atoms with Crippen molar-refractivity contribution in [1.82, 2.24) is 0 Å². The molecule has 5 aromatic carbocycles. The van der Waals surface area contributed by atoms with E-state index in [2.05, 4.69) is 145 Å². The van der Waals surface area contributed by atoms with E-state index in [0.29, 0.717) is 0 Å². The first-order chi connectivity index (χ1) is 17.8. The molecule has 0 nitrogen and oxygen atoms in total. The summed E-state index contributed by atoms with van der Waals surface area (Å²) in [5, 5.41) is 5.93. The van der Waals surface area contributed by atoms with Gasteiger partial charge in [-0.2, -0.15) is 11.6 Å². The molecule has 5 rings (SSSR count). The Morgan fingerprint density at radius 2 is 0.854 bits per heavy atom. The summed E-state index contributed by atoms with van der Waals surface area (Å²) in [6.07, 6.45) is 0.943. The first-order valence-electron chi connectivity index (χ1n) is 13.3. The molecule has 0 saturated carbocycles. The maximum absolute atomic E-state index is 2.63. The van der Waals surface area contributed by atoms with Gasteiger partial charge in [-0.25, -0.2) is 12.1 Å². The normalized spacial score (nSPS) is 10.5. The van der Waals surface area contributed by atoms with E-state index in [1.54, 1.807) is 0 Å². The molecule has 5 aromatic rings. The molecule has 210 valence electrons. The number of aryl methyl sites for hydroxylation is 6. The smallest absolute Gasteiger partial charge is 1.00 e. The molecule has 0 radical (unpaired) electrons. The zero-order chi connectivity index (χ0) is 26.2. The van der Waals surface area contributed by atoms with Crippen LogP contribution in [0.4, 0.5) is 0 Å². The second-order valence-electron chi connectivity index (χ2n) is 11.0. The molecule has 0 saturated heterocycles. The third kappa shape index (κ3) is 7.71. The van der Waals surface area contributed by atoms with Gasteiger partial charge in [0, 0.05) is 0 Å². The quantitative estimate of drug-likeness (QED) is 0.106. The van der Waals surface area contributed by atoms with Crippen LogP contribution < -0.4 is 58.0 Å². The minimum absolute atomic E-state index is 0. The molecule has 0 atom stereocenters. The fourth-order valence-electron chi connectivity index (χ4n) is 6.33. The van der Waals surface area contributed by atoms with Gasteiger partial charge in [0.15, 0.2) is 0 Å². The molecule has 0 aliphatic carbocycles. The van der Waals surface area contributed by atoms with Gasteiger partial charge in [0.25, 0.3) is 0 Å². The van der Waals surface area contributed by atoms with Gasteiger partial charge in [-0.05, 0) is 53.5 Å². The van der Waals surface area contributed by atoms with E-state index >= 15 is 0 Å². The van der Waals surface area contributed by atoms with Gasteiger partial charge in [0.1, 0.15) is 8.07 Å². The van der Waals surface area contributed by atoms with Crippen molar-refractivity contribution in [1.29, 1.82) is 0 Å². The van der Waals surface area contributed by atoms with Crippen molar-refractivity contribution in [3.63, 3.8) is 0 Å². The predicted molar refractivity (Wildman–Crippen MR) is 163 cm³/mol. The van der Waals surface area contributed by atoms with Gasteiger partial charge in [0.05, 0.1) is 0 Å². The Hall–Kier alpha value is -1.97. The van der Waals surface area contributed by atoms with Crippen molar-refractivity contribution in [3.05, 3.63) is 148 Å². The maximum atomic E-state index is 2.47. The zero-order valence-corrected chi connectivity index (χ0v) is 29.5. The van der Waals surface area contributed by atoms with Crippen LogP contribution in [0.1, 0.15) is 44.5 Å². The third-order valence-electron chi connectivity index (χ3n) is 7.51. The number of benzene rings is 4. The summed E-state index contributed by atoms with van der Waals surface area (Å²) in [4.78, 5) is 0. The fraction of sp³-hybridized carbons (Fsp3) is 0.194. The summed E-state index contributed by atoms with van der Waals surface area (Å²) in [7, 11) is -2.63. The molecule has 0 aliphatic rings. The Morgan fingerprint density at radius 1 is 0.488 bits per heavy atom. The molecule has 0 fully saturated rings. The summed E-state index contributed by atoms with van der Waals surface area (Å²) in [5.41, 5.74) is 10.8. The van der Waals surface area contributed by atoms with Crippen LogP contribution in [0.5, 0.6) is 0 Å². The maximum Gasteiger partial charge on any atom is 4.00 e. The van der Waals surface area contributed by atoms with Gasteiger partial charge in [0.2, 0.25) is 0 Å². The van der Waals surface area contributed by atoms with Crippen LogP contribution in [-0.4, -0.2) is 8.07 Å². The number of halogens is 3. The number of hydrogen-bond donors (Lipinski definition) is 0. The summed E-state index contributed by atoms with van der Waals surface area (Å²) < 4.78 is 0. The SMILES string of the molecule is Cc1cc(C)cc([Si](c2cc(C)cc(C)c2)(c2cc(C)cc(C)c2)[c-]2cccc2Cc2ccccc2)c1.[Cl-].[Cl-].[Cl-].[Ti+4]. The van der Waals surface area contributed by atoms with Gasteiger partial charge in [-0.15, -0.1) is 5.19 Å². The molecule has 0 bridgehead atoms. The molecule has 0 heterocycles. The monoisotopic (exact) mass is 650 g/mol. The van der Waals surface area contributed by atoms with Gasteiger partial charge < -0.3 is 37.2 Å². The Kier molecular flexibility index (Phi) is 14.0. The van der Waals surface area contributed by atoms with Crippen molar-refractivity contribution in [2.24, 2.45) is 0 Å². The largest absolute Gasteiger partial charge is 4.00 e. The molecule has 0 aliphatic heterocycles. The van der Waals surface area contributed by atoms with Crippen LogP contribution in [0.2, 0.25) is 0 Å². The minimum Gasteiger partial charge on any atom is -1.00 e. The summed E-state index contributed by atoms with van der Waals surface area (Å²) in [5.74, 6) is 0. The molecule has 0 N–H and O–H groups in total. The van der Waals surface area contributed by atoms with E-state index in [4.69, 9.17) is 0 Å². The van der Waals surface area contributed by atoms with Gasteiger partial charge >= 0.3 is 21.7 Å². The minimum atomic E-state index is -2.63. The average molecular weight is 652 g/mol. The zero-order valence-electron chi connectivity index (χ0n) is 24.7. The van der Waals surface area contributed by atoms with Crippen molar-refractivity contribution < 1.29 is 58.9 Å². The predicted octanol–water partition coefficient (Wildman–Crippen LogP) is -2.77. The second kappa shape index (κ2) is 15.5. The van der Waals surface area contributed by atoms with E-state index in [1.165, 1.54) is 65.3 Å². The Balaban J connectivity index is 0.00000210. The van der Waals surface area contributed by atoms with Crippen LogP contribution in [0.15, 0.2) is 103 Å². The van der Waals surface area contributed by atoms with Crippen molar-refractivity contribution >= 4 is 28.8 Å². The van der Waals surface area contributed by atoms with Crippen LogP contribution in [0.3, 0.4) is 0 Å². The fourth-order valence-corrected chi connectivity index (χ4v) is 11.9. The van der Waals surface area contributed by atoms with E-state index in [-0.39, 0.29) is 58.9 Å². The first kappa shape index (κ1) is 37.1. The van der Waals surface area contributed by atoms with Crippen LogP contribution in [0.25, 0.3) is 0 Å². The van der Waals surface area contributed by atoms with Gasteiger partial charge in [-0.3, -0.25) is 0 Å². The van der Waals surface area contributed by atoms with Gasteiger partial charge in [-0.1, -0.05) is 134 Å². The number of hydrogen-bond acceptors (Lipinski definition) is 0. The number of rotatable bonds is 6. The van der Waals surface area contributed by atoms with Crippen molar-refractivity contribution in [3.8, 4) is 0 Å². The van der Waals surface area contributed by atoms with E-state index in [1.807, 2.05) is 0 Å². The van der Waals surface area contributed by atoms with E-state index in [9.17, 15) is 0 Å². The summed E-state index contributed by atoms with van der Waals surface area (Å²) >= 11 is 0. The van der Waals surface area contributed by atoms with Crippen molar-refractivity contribution in [2.75, 3.05) is 0 Å².